The van der Waals surface area contributed by atoms with Crippen LogP contribution in [0.25, 0.3) is 0 Å². The third kappa shape index (κ3) is 3.69. The van der Waals surface area contributed by atoms with Crippen LogP contribution in [0, 0.1) is 5.92 Å². The first-order valence-corrected chi connectivity index (χ1v) is 7.24. The number of carbonyl (C=O) groups is 1. The number of rotatable bonds is 3. The first-order chi connectivity index (χ1) is 8.66. The third-order valence-corrected chi connectivity index (χ3v) is 4.27. The van der Waals surface area contributed by atoms with Gasteiger partial charge in [-0.2, -0.15) is 0 Å². The lowest BCUT2D eigenvalue weighted by molar-refractivity contribution is -0.143. The fourth-order valence-corrected chi connectivity index (χ4v) is 2.79. The van der Waals surface area contributed by atoms with Crippen LogP contribution in [-0.2, 0) is 9.53 Å². The van der Waals surface area contributed by atoms with Gasteiger partial charge in [0.1, 0.15) is 6.61 Å². The molecular formula is C14H25NO3. The second-order valence-electron chi connectivity index (χ2n) is 5.74. The number of hydrogen-bond donors (Lipinski definition) is 1. The van der Waals surface area contributed by atoms with Crippen LogP contribution in [-0.4, -0.2) is 47.8 Å². The molecule has 0 aromatic rings. The minimum Gasteiger partial charge on any atom is -0.391 e. The first kappa shape index (κ1) is 13.8. The van der Waals surface area contributed by atoms with E-state index in [-0.39, 0.29) is 24.7 Å². The summed E-state index contributed by atoms with van der Waals surface area (Å²) in [5.74, 6) is 0.333. The molecular weight excluding hydrogens is 230 g/mol. The second kappa shape index (κ2) is 6.53. The van der Waals surface area contributed by atoms with Crippen LogP contribution in [0.4, 0.5) is 0 Å². The number of aliphatic hydroxyl groups excluding tert-OH is 1. The Morgan fingerprint density at radius 1 is 1.28 bits per heavy atom. The fraction of sp³-hybridized carbons (Fsp3) is 0.929. The summed E-state index contributed by atoms with van der Waals surface area (Å²) in [6, 6.07) is 0. The summed E-state index contributed by atoms with van der Waals surface area (Å²) in [4.78, 5) is 13.7. The molecule has 2 aliphatic rings. The molecule has 2 rings (SSSR count). The van der Waals surface area contributed by atoms with Gasteiger partial charge in [0.15, 0.2) is 0 Å². The van der Waals surface area contributed by atoms with Crippen molar-refractivity contribution in [1.82, 2.24) is 4.90 Å². The van der Waals surface area contributed by atoms with Gasteiger partial charge in [-0.05, 0) is 25.2 Å². The molecule has 104 valence electrons. The predicted molar refractivity (Wildman–Crippen MR) is 69.2 cm³/mol. The molecule has 2 atom stereocenters. The van der Waals surface area contributed by atoms with Gasteiger partial charge in [0.05, 0.1) is 12.2 Å². The van der Waals surface area contributed by atoms with Gasteiger partial charge in [-0.25, -0.2) is 0 Å². The molecule has 1 heterocycles. The zero-order chi connectivity index (χ0) is 13.0. The van der Waals surface area contributed by atoms with E-state index < -0.39 is 0 Å². The van der Waals surface area contributed by atoms with E-state index in [1.165, 1.54) is 19.3 Å². The van der Waals surface area contributed by atoms with Crippen LogP contribution in [0.1, 0.15) is 45.4 Å². The van der Waals surface area contributed by atoms with Gasteiger partial charge >= 0.3 is 0 Å². The zero-order valence-corrected chi connectivity index (χ0v) is 11.3. The van der Waals surface area contributed by atoms with Crippen molar-refractivity contribution >= 4 is 5.91 Å². The summed E-state index contributed by atoms with van der Waals surface area (Å²) in [6.07, 6.45) is 6.70. The van der Waals surface area contributed by atoms with E-state index in [2.05, 4.69) is 0 Å². The number of hydrogen-bond acceptors (Lipinski definition) is 3. The van der Waals surface area contributed by atoms with Crippen molar-refractivity contribution in [1.29, 1.82) is 0 Å². The molecule has 1 amide bonds. The largest absolute Gasteiger partial charge is 0.391 e. The van der Waals surface area contributed by atoms with Gasteiger partial charge in [0, 0.05) is 13.1 Å². The molecule has 0 aromatic carbocycles. The van der Waals surface area contributed by atoms with Crippen LogP contribution in [0.5, 0.6) is 0 Å². The van der Waals surface area contributed by atoms with Crippen molar-refractivity contribution in [2.75, 3.05) is 19.7 Å². The Hall–Kier alpha value is -0.610. The molecule has 0 bridgehead atoms. The van der Waals surface area contributed by atoms with E-state index in [0.717, 1.165) is 25.8 Å². The Morgan fingerprint density at radius 2 is 2.00 bits per heavy atom. The van der Waals surface area contributed by atoms with Crippen molar-refractivity contribution in [2.24, 2.45) is 5.92 Å². The van der Waals surface area contributed by atoms with Gasteiger partial charge in [0.25, 0.3) is 0 Å². The third-order valence-electron chi connectivity index (χ3n) is 4.27. The van der Waals surface area contributed by atoms with Gasteiger partial charge in [-0.3, -0.25) is 4.79 Å². The van der Waals surface area contributed by atoms with Crippen LogP contribution in [0.15, 0.2) is 0 Å². The van der Waals surface area contributed by atoms with Crippen molar-refractivity contribution in [3.63, 3.8) is 0 Å². The summed E-state index contributed by atoms with van der Waals surface area (Å²) >= 11 is 0. The Balaban J connectivity index is 1.70. The molecule has 2 fully saturated rings. The highest BCUT2D eigenvalue weighted by Crippen LogP contribution is 2.21. The second-order valence-corrected chi connectivity index (χ2v) is 5.74. The lowest BCUT2D eigenvalue weighted by Gasteiger charge is -2.34. The molecule has 1 aliphatic heterocycles. The maximum absolute atomic E-state index is 12.0. The van der Waals surface area contributed by atoms with Gasteiger partial charge in [0.2, 0.25) is 5.91 Å². The number of aliphatic hydroxyl groups is 1. The van der Waals surface area contributed by atoms with Crippen molar-refractivity contribution in [2.45, 2.75) is 57.7 Å². The average molecular weight is 255 g/mol. The smallest absolute Gasteiger partial charge is 0.248 e. The molecule has 2 unspecified atom stereocenters. The summed E-state index contributed by atoms with van der Waals surface area (Å²) in [5.41, 5.74) is 0. The lowest BCUT2D eigenvalue weighted by atomic mass is 9.96. The SMILES string of the molecule is CC1CCN(C(=O)COC2CCCCC2)CC1O. The van der Waals surface area contributed by atoms with E-state index >= 15 is 0 Å². The van der Waals surface area contributed by atoms with E-state index in [9.17, 15) is 9.90 Å². The number of carbonyl (C=O) groups excluding carboxylic acids is 1. The molecule has 4 nitrogen and oxygen atoms in total. The topological polar surface area (TPSA) is 49.8 Å². The van der Waals surface area contributed by atoms with Crippen LogP contribution in [0.3, 0.4) is 0 Å². The number of amides is 1. The highest BCUT2D eigenvalue weighted by molar-refractivity contribution is 5.77. The molecule has 1 N–H and O–H groups in total. The Kier molecular flexibility index (Phi) is 5.01. The standard InChI is InChI=1S/C14H25NO3/c1-11-7-8-15(9-13(11)16)14(17)10-18-12-5-3-2-4-6-12/h11-13,16H,2-10H2,1H3. The molecule has 0 aromatic heterocycles. The fourth-order valence-electron chi connectivity index (χ4n) is 2.79. The summed E-state index contributed by atoms with van der Waals surface area (Å²) in [6.45, 7) is 3.44. The van der Waals surface area contributed by atoms with Gasteiger partial charge < -0.3 is 14.7 Å². The maximum atomic E-state index is 12.0. The molecule has 1 saturated carbocycles. The lowest BCUT2D eigenvalue weighted by Crippen LogP contribution is -2.47. The molecule has 0 spiro atoms. The summed E-state index contributed by atoms with van der Waals surface area (Å²) < 4.78 is 5.69. The van der Waals surface area contributed by atoms with Crippen molar-refractivity contribution in [3.8, 4) is 0 Å². The minimum atomic E-state index is -0.377. The number of β-amino-alcohol motifs (C(OH)–C–C–N with tert-alkyl or cyclic N) is 1. The zero-order valence-electron chi connectivity index (χ0n) is 11.3. The molecule has 1 saturated heterocycles. The first-order valence-electron chi connectivity index (χ1n) is 7.24. The Morgan fingerprint density at radius 3 is 2.67 bits per heavy atom. The highest BCUT2D eigenvalue weighted by Gasteiger charge is 2.27. The maximum Gasteiger partial charge on any atom is 0.248 e. The monoisotopic (exact) mass is 255 g/mol. The quantitative estimate of drug-likeness (QED) is 0.832. The van der Waals surface area contributed by atoms with E-state index in [1.807, 2.05) is 6.92 Å². The Bertz CT molecular complexity index is 276. The number of piperidine rings is 1. The van der Waals surface area contributed by atoms with Gasteiger partial charge in [-0.1, -0.05) is 26.2 Å². The molecule has 1 aliphatic carbocycles. The summed E-state index contributed by atoms with van der Waals surface area (Å²) in [7, 11) is 0. The highest BCUT2D eigenvalue weighted by atomic mass is 16.5. The van der Waals surface area contributed by atoms with Crippen molar-refractivity contribution < 1.29 is 14.6 Å². The van der Waals surface area contributed by atoms with Crippen LogP contribution >= 0.6 is 0 Å². The summed E-state index contributed by atoms with van der Waals surface area (Å²) in [5, 5.41) is 9.78. The number of likely N-dealkylation sites (tertiary alicyclic amines) is 1. The van der Waals surface area contributed by atoms with Gasteiger partial charge in [-0.15, -0.1) is 0 Å². The van der Waals surface area contributed by atoms with E-state index in [4.69, 9.17) is 4.74 Å². The Labute approximate surface area is 109 Å². The van der Waals surface area contributed by atoms with Crippen LogP contribution in [0.2, 0.25) is 0 Å². The normalized spacial score (nSPS) is 30.4. The van der Waals surface area contributed by atoms with E-state index in [1.54, 1.807) is 4.90 Å². The minimum absolute atomic E-state index is 0.0338. The van der Waals surface area contributed by atoms with E-state index in [0.29, 0.717) is 12.5 Å². The van der Waals surface area contributed by atoms with Crippen molar-refractivity contribution in [3.05, 3.63) is 0 Å². The molecule has 0 radical (unpaired) electrons. The predicted octanol–water partition coefficient (Wildman–Crippen LogP) is 1.56. The van der Waals surface area contributed by atoms with Crippen LogP contribution < -0.4 is 0 Å². The number of ether oxygens (including phenoxy) is 1. The molecule has 18 heavy (non-hydrogen) atoms. The average Bonchev–Trinajstić information content (AvgIpc) is 2.40. The molecule has 4 heteroatoms. The number of nitrogens with zero attached hydrogens (tertiary/aromatic N) is 1.